The van der Waals surface area contributed by atoms with Crippen LogP contribution in [0.4, 0.5) is 10.9 Å². The number of amides is 1. The fraction of sp³-hybridized carbons (Fsp3) is 0.294. The number of carbonyl (C=O) groups excluding carboxylic acids is 1. The van der Waals surface area contributed by atoms with Gasteiger partial charge in [0.15, 0.2) is 5.13 Å². The molecule has 3 aromatic heterocycles. The monoisotopic (exact) mass is 373 g/mol. The van der Waals surface area contributed by atoms with E-state index in [1.54, 1.807) is 29.7 Å². The molecule has 0 saturated carbocycles. The lowest BCUT2D eigenvalue weighted by molar-refractivity contribution is 0.0953. The zero-order chi connectivity index (χ0) is 17.8. The van der Waals surface area contributed by atoms with Gasteiger partial charge in [-0.2, -0.15) is 0 Å². The lowest BCUT2D eigenvalue weighted by Gasteiger charge is -2.05. The van der Waals surface area contributed by atoms with E-state index in [-0.39, 0.29) is 5.91 Å². The maximum absolute atomic E-state index is 11.9. The Labute approximate surface area is 154 Å². The van der Waals surface area contributed by atoms with E-state index in [2.05, 4.69) is 25.6 Å². The largest absolute Gasteiger partial charge is 0.352 e. The van der Waals surface area contributed by atoms with E-state index >= 15 is 0 Å². The van der Waals surface area contributed by atoms with Crippen molar-refractivity contribution in [2.45, 2.75) is 27.2 Å². The minimum absolute atomic E-state index is 0.103. The number of carbonyl (C=O) groups is 1. The van der Waals surface area contributed by atoms with Crippen LogP contribution in [0.15, 0.2) is 23.7 Å². The van der Waals surface area contributed by atoms with Crippen molar-refractivity contribution in [2.24, 2.45) is 0 Å². The number of pyridine rings is 1. The van der Waals surface area contributed by atoms with Crippen molar-refractivity contribution in [1.82, 2.24) is 20.3 Å². The molecule has 130 valence electrons. The molecule has 3 aromatic rings. The van der Waals surface area contributed by atoms with E-state index in [0.717, 1.165) is 32.8 Å². The van der Waals surface area contributed by atoms with Crippen LogP contribution in [0.3, 0.4) is 0 Å². The molecule has 0 radical (unpaired) electrons. The molecule has 0 atom stereocenters. The van der Waals surface area contributed by atoms with E-state index in [1.807, 2.05) is 26.2 Å². The standard InChI is InChI=1S/C17H19N5OS2/c1-4-7-18-16(23)12-5-6-14(19-8-12)22-17-21-13(9-24-17)15-10(2)20-11(3)25-15/h5-6,8-9H,4,7H2,1-3H3,(H,18,23)(H,19,21,22). The average molecular weight is 374 g/mol. The Morgan fingerprint density at radius 2 is 2.08 bits per heavy atom. The molecule has 1 amide bonds. The summed E-state index contributed by atoms with van der Waals surface area (Å²) in [4.78, 5) is 26.3. The molecule has 0 aliphatic heterocycles. The Morgan fingerprint density at radius 3 is 2.72 bits per heavy atom. The van der Waals surface area contributed by atoms with E-state index in [0.29, 0.717) is 17.9 Å². The number of thiazole rings is 2. The van der Waals surface area contributed by atoms with Gasteiger partial charge in [-0.3, -0.25) is 4.79 Å². The molecule has 0 aliphatic rings. The van der Waals surface area contributed by atoms with Crippen molar-refractivity contribution in [3.63, 3.8) is 0 Å². The number of nitrogens with one attached hydrogen (secondary N) is 2. The second-order valence-corrected chi connectivity index (χ2v) is 7.56. The highest BCUT2D eigenvalue weighted by Crippen LogP contribution is 2.32. The first-order chi connectivity index (χ1) is 12.1. The number of nitrogens with zero attached hydrogens (tertiary/aromatic N) is 3. The van der Waals surface area contributed by atoms with Crippen LogP contribution in [0.5, 0.6) is 0 Å². The van der Waals surface area contributed by atoms with Gasteiger partial charge in [-0.25, -0.2) is 15.0 Å². The van der Waals surface area contributed by atoms with Crippen LogP contribution in [0, 0.1) is 13.8 Å². The molecule has 0 saturated heterocycles. The third-order valence-corrected chi connectivity index (χ3v) is 5.29. The smallest absolute Gasteiger partial charge is 0.252 e. The quantitative estimate of drug-likeness (QED) is 0.678. The first-order valence-electron chi connectivity index (χ1n) is 7.98. The summed E-state index contributed by atoms with van der Waals surface area (Å²) in [5.41, 5.74) is 2.47. The van der Waals surface area contributed by atoms with Crippen LogP contribution in [-0.4, -0.2) is 27.4 Å². The van der Waals surface area contributed by atoms with Crippen molar-refractivity contribution in [3.8, 4) is 10.6 Å². The summed E-state index contributed by atoms with van der Waals surface area (Å²) in [6.07, 6.45) is 2.47. The second kappa shape index (κ2) is 7.71. The SMILES string of the molecule is CCCNC(=O)c1ccc(Nc2nc(-c3sc(C)nc3C)cs2)nc1. The maximum Gasteiger partial charge on any atom is 0.252 e. The van der Waals surface area contributed by atoms with Crippen molar-refractivity contribution >= 4 is 39.5 Å². The first kappa shape index (κ1) is 17.5. The lowest BCUT2D eigenvalue weighted by atomic mass is 10.2. The second-order valence-electron chi connectivity index (χ2n) is 5.50. The third kappa shape index (κ3) is 4.21. The highest BCUT2D eigenvalue weighted by Gasteiger charge is 2.12. The Hall–Kier alpha value is -2.32. The molecule has 25 heavy (non-hydrogen) atoms. The summed E-state index contributed by atoms with van der Waals surface area (Å²) in [6, 6.07) is 3.54. The van der Waals surface area contributed by atoms with Crippen molar-refractivity contribution in [1.29, 1.82) is 0 Å². The highest BCUT2D eigenvalue weighted by molar-refractivity contribution is 7.16. The fourth-order valence-corrected chi connectivity index (χ4v) is 3.92. The molecular formula is C17H19N5OS2. The van der Waals surface area contributed by atoms with Gasteiger partial charge in [0.2, 0.25) is 0 Å². The Kier molecular flexibility index (Phi) is 5.40. The Bertz CT molecular complexity index is 870. The number of anilines is 2. The first-order valence-corrected chi connectivity index (χ1v) is 9.67. The van der Waals surface area contributed by atoms with Crippen LogP contribution in [0.1, 0.15) is 34.4 Å². The summed E-state index contributed by atoms with van der Waals surface area (Å²) in [7, 11) is 0. The molecule has 0 aliphatic carbocycles. The Morgan fingerprint density at radius 1 is 1.24 bits per heavy atom. The van der Waals surface area contributed by atoms with Gasteiger partial charge in [-0.1, -0.05) is 6.92 Å². The minimum Gasteiger partial charge on any atom is -0.352 e. The van der Waals surface area contributed by atoms with Gasteiger partial charge in [0.05, 0.1) is 26.8 Å². The van der Waals surface area contributed by atoms with Crippen molar-refractivity contribution < 1.29 is 4.79 Å². The molecule has 2 N–H and O–H groups in total. The number of hydrogen-bond donors (Lipinski definition) is 2. The third-order valence-electron chi connectivity index (χ3n) is 3.44. The summed E-state index contributed by atoms with van der Waals surface area (Å²) >= 11 is 3.16. The van der Waals surface area contributed by atoms with Crippen LogP contribution in [0.2, 0.25) is 0 Å². The summed E-state index contributed by atoms with van der Waals surface area (Å²) in [5, 5.41) is 9.82. The molecule has 0 bridgehead atoms. The molecular weight excluding hydrogens is 354 g/mol. The van der Waals surface area contributed by atoms with Crippen LogP contribution < -0.4 is 10.6 Å². The van der Waals surface area contributed by atoms with Gasteiger partial charge in [0, 0.05) is 18.1 Å². The summed E-state index contributed by atoms with van der Waals surface area (Å²) < 4.78 is 0. The predicted molar refractivity (Wildman–Crippen MR) is 103 cm³/mol. The molecule has 0 unspecified atom stereocenters. The van der Waals surface area contributed by atoms with Gasteiger partial charge in [-0.05, 0) is 32.4 Å². The molecule has 6 nitrogen and oxygen atoms in total. The van der Waals surface area contributed by atoms with Gasteiger partial charge in [-0.15, -0.1) is 22.7 Å². The minimum atomic E-state index is -0.103. The maximum atomic E-state index is 11.9. The van der Waals surface area contributed by atoms with Crippen LogP contribution in [0.25, 0.3) is 10.6 Å². The summed E-state index contributed by atoms with van der Waals surface area (Å²) in [6.45, 7) is 6.67. The molecule has 3 rings (SSSR count). The molecule has 8 heteroatoms. The van der Waals surface area contributed by atoms with E-state index < -0.39 is 0 Å². The average Bonchev–Trinajstić information content (AvgIpc) is 3.19. The van der Waals surface area contributed by atoms with Crippen LogP contribution in [-0.2, 0) is 0 Å². The number of aryl methyl sites for hydroxylation is 2. The molecule has 0 spiro atoms. The Balaban J connectivity index is 1.69. The number of hydrogen-bond acceptors (Lipinski definition) is 7. The molecule has 0 aromatic carbocycles. The zero-order valence-electron chi connectivity index (χ0n) is 14.3. The lowest BCUT2D eigenvalue weighted by Crippen LogP contribution is -2.24. The van der Waals surface area contributed by atoms with E-state index in [9.17, 15) is 4.79 Å². The number of aromatic nitrogens is 3. The highest BCUT2D eigenvalue weighted by atomic mass is 32.1. The topological polar surface area (TPSA) is 79.8 Å². The van der Waals surface area contributed by atoms with Gasteiger partial charge < -0.3 is 10.6 Å². The van der Waals surface area contributed by atoms with Gasteiger partial charge in [0.25, 0.3) is 5.91 Å². The zero-order valence-corrected chi connectivity index (χ0v) is 15.9. The van der Waals surface area contributed by atoms with Crippen molar-refractivity contribution in [2.75, 3.05) is 11.9 Å². The van der Waals surface area contributed by atoms with Crippen molar-refractivity contribution in [3.05, 3.63) is 40.0 Å². The fourth-order valence-electron chi connectivity index (χ4n) is 2.26. The van der Waals surface area contributed by atoms with Crippen LogP contribution >= 0.6 is 22.7 Å². The van der Waals surface area contributed by atoms with Gasteiger partial charge in [0.1, 0.15) is 5.82 Å². The van der Waals surface area contributed by atoms with Gasteiger partial charge >= 0.3 is 0 Å². The normalized spacial score (nSPS) is 10.7. The predicted octanol–water partition coefficient (Wildman–Crippen LogP) is 4.16. The van der Waals surface area contributed by atoms with E-state index in [4.69, 9.17) is 0 Å². The molecule has 3 heterocycles. The number of rotatable bonds is 6. The summed E-state index contributed by atoms with van der Waals surface area (Å²) in [5.74, 6) is 0.554. The molecule has 0 fully saturated rings. The van der Waals surface area contributed by atoms with E-state index in [1.165, 1.54) is 11.3 Å².